The lowest BCUT2D eigenvalue weighted by molar-refractivity contribution is -0.384. The number of nitrogens with one attached hydrogen (secondary N) is 1. The number of para-hydroxylation sites is 1. The molecule has 3 aliphatic heterocycles. The molecule has 0 radical (unpaired) electrons. The van der Waals surface area contributed by atoms with Crippen LogP contribution in [-0.2, 0) is 20.7 Å². The smallest absolute Gasteiger partial charge is 0.335 e. The molecule has 4 amide bonds. The molecule has 3 aliphatic rings. The largest absolute Gasteiger partial charge is 0.372 e. The van der Waals surface area contributed by atoms with E-state index in [1.807, 2.05) is 11.8 Å². The van der Waals surface area contributed by atoms with Crippen LogP contribution < -0.4 is 15.1 Å². The van der Waals surface area contributed by atoms with E-state index < -0.39 is 40.3 Å². The number of morpholine rings is 1. The van der Waals surface area contributed by atoms with Gasteiger partial charge in [-0.3, -0.25) is 25.0 Å². The van der Waals surface area contributed by atoms with Crippen LogP contribution in [0.5, 0.6) is 0 Å². The van der Waals surface area contributed by atoms with E-state index in [1.165, 1.54) is 18.2 Å². The van der Waals surface area contributed by atoms with Crippen molar-refractivity contribution in [2.24, 2.45) is 5.41 Å². The number of carbonyl (C=O) groups is 3. The Morgan fingerprint density at radius 2 is 1.88 bits per heavy atom. The van der Waals surface area contributed by atoms with E-state index in [-0.39, 0.29) is 28.9 Å². The number of ether oxygens (including phenoxy) is 1. The van der Waals surface area contributed by atoms with Gasteiger partial charge in [0.15, 0.2) is 5.41 Å². The Labute approximate surface area is 199 Å². The maximum Gasteiger partial charge on any atom is 0.335 e. The molecule has 0 bridgehead atoms. The van der Waals surface area contributed by atoms with Crippen LogP contribution in [0.1, 0.15) is 19.4 Å². The first-order chi connectivity index (χ1) is 16.1. The number of nitrogens with zero attached hydrogens (tertiary/aromatic N) is 3. The second kappa shape index (κ2) is 7.78. The van der Waals surface area contributed by atoms with Gasteiger partial charge in [0.1, 0.15) is 0 Å². The van der Waals surface area contributed by atoms with Crippen molar-refractivity contribution in [1.29, 1.82) is 0 Å². The SMILES string of the molecule is C[C@H]1CN2c3ccc([N+](=O)[O-])cc3C[C@]3(C(=O)NC(=O)N(c4ccccc4Cl)C3=O)[C@@H]2[C@@H](C)O1. The molecule has 176 valence electrons. The summed E-state index contributed by atoms with van der Waals surface area (Å²) in [4.78, 5) is 54.3. The number of non-ortho nitro benzene ring substituents is 1. The van der Waals surface area contributed by atoms with Gasteiger partial charge in [-0.05, 0) is 37.6 Å². The molecule has 10 nitrogen and oxygen atoms in total. The van der Waals surface area contributed by atoms with Crippen LogP contribution in [0, 0.1) is 15.5 Å². The Kier molecular flexibility index (Phi) is 5.10. The van der Waals surface area contributed by atoms with E-state index in [4.69, 9.17) is 16.3 Å². The minimum Gasteiger partial charge on any atom is -0.372 e. The molecule has 0 aromatic heterocycles. The van der Waals surface area contributed by atoms with Crippen molar-refractivity contribution in [3.8, 4) is 0 Å². The number of benzene rings is 2. The van der Waals surface area contributed by atoms with Gasteiger partial charge in [-0.15, -0.1) is 0 Å². The highest BCUT2D eigenvalue weighted by Gasteiger charge is 2.65. The van der Waals surface area contributed by atoms with E-state index >= 15 is 0 Å². The number of urea groups is 1. The first kappa shape index (κ1) is 22.3. The highest BCUT2D eigenvalue weighted by Crippen LogP contribution is 2.49. The van der Waals surface area contributed by atoms with Gasteiger partial charge in [-0.1, -0.05) is 23.7 Å². The van der Waals surface area contributed by atoms with Crippen LogP contribution >= 0.6 is 11.6 Å². The Morgan fingerprint density at radius 1 is 1.15 bits per heavy atom. The van der Waals surface area contributed by atoms with E-state index in [2.05, 4.69) is 5.32 Å². The average Bonchev–Trinajstić information content (AvgIpc) is 2.78. The van der Waals surface area contributed by atoms with Crippen LogP contribution in [0.4, 0.5) is 21.9 Å². The molecular formula is C23H21ClN4O6. The van der Waals surface area contributed by atoms with Gasteiger partial charge in [0, 0.05) is 30.8 Å². The summed E-state index contributed by atoms with van der Waals surface area (Å²) in [5.74, 6) is -1.51. The van der Waals surface area contributed by atoms with Crippen molar-refractivity contribution in [2.45, 2.75) is 38.5 Å². The molecule has 34 heavy (non-hydrogen) atoms. The molecular weight excluding hydrogens is 464 g/mol. The van der Waals surface area contributed by atoms with Crippen LogP contribution in [0.3, 0.4) is 0 Å². The molecule has 2 saturated heterocycles. The van der Waals surface area contributed by atoms with Crippen molar-refractivity contribution in [1.82, 2.24) is 5.32 Å². The predicted molar refractivity (Wildman–Crippen MR) is 123 cm³/mol. The van der Waals surface area contributed by atoms with Gasteiger partial charge in [0.05, 0.1) is 33.9 Å². The minimum absolute atomic E-state index is 0.133. The molecule has 4 atom stereocenters. The van der Waals surface area contributed by atoms with Crippen LogP contribution in [0.25, 0.3) is 0 Å². The molecule has 2 aromatic carbocycles. The third-order valence-electron chi connectivity index (χ3n) is 6.75. The topological polar surface area (TPSA) is 122 Å². The maximum atomic E-state index is 14.2. The first-order valence-corrected chi connectivity index (χ1v) is 11.2. The van der Waals surface area contributed by atoms with Crippen molar-refractivity contribution in [3.05, 3.63) is 63.2 Å². The summed E-state index contributed by atoms with van der Waals surface area (Å²) >= 11 is 6.30. The lowest BCUT2D eigenvalue weighted by atomic mass is 9.66. The molecule has 5 rings (SSSR count). The average molecular weight is 485 g/mol. The van der Waals surface area contributed by atoms with Crippen molar-refractivity contribution >= 4 is 46.5 Å². The summed E-state index contributed by atoms with van der Waals surface area (Å²) in [6, 6.07) is 9.13. The predicted octanol–water partition coefficient (Wildman–Crippen LogP) is 3.06. The van der Waals surface area contributed by atoms with Gasteiger partial charge < -0.3 is 9.64 Å². The van der Waals surface area contributed by atoms with E-state index in [0.29, 0.717) is 17.8 Å². The number of hydrogen-bond donors (Lipinski definition) is 1. The monoisotopic (exact) mass is 484 g/mol. The fourth-order valence-electron chi connectivity index (χ4n) is 5.48. The molecule has 1 N–H and O–H groups in total. The molecule has 1 spiro atoms. The Balaban J connectivity index is 1.72. The summed E-state index contributed by atoms with van der Waals surface area (Å²) in [5.41, 5.74) is -0.597. The Hall–Kier alpha value is -3.50. The van der Waals surface area contributed by atoms with Gasteiger partial charge in [-0.2, -0.15) is 0 Å². The molecule has 11 heteroatoms. The third kappa shape index (κ3) is 3.09. The molecule has 0 unspecified atom stereocenters. The van der Waals surface area contributed by atoms with Gasteiger partial charge in [-0.25, -0.2) is 9.69 Å². The highest BCUT2D eigenvalue weighted by atomic mass is 35.5. The summed E-state index contributed by atoms with van der Waals surface area (Å²) < 4.78 is 6.04. The zero-order valence-electron chi connectivity index (χ0n) is 18.4. The number of imide groups is 2. The zero-order chi connectivity index (χ0) is 24.4. The lowest BCUT2D eigenvalue weighted by Crippen LogP contribution is -2.76. The second-order valence-electron chi connectivity index (χ2n) is 8.82. The maximum absolute atomic E-state index is 14.2. The summed E-state index contributed by atoms with van der Waals surface area (Å²) in [6.45, 7) is 4.02. The second-order valence-corrected chi connectivity index (χ2v) is 9.23. The van der Waals surface area contributed by atoms with E-state index in [0.717, 1.165) is 4.90 Å². The van der Waals surface area contributed by atoms with Crippen molar-refractivity contribution < 1.29 is 24.0 Å². The number of anilines is 2. The number of nitro groups is 1. The Morgan fingerprint density at radius 3 is 2.59 bits per heavy atom. The molecule has 0 saturated carbocycles. The lowest BCUT2D eigenvalue weighted by Gasteiger charge is -2.56. The number of carbonyl (C=O) groups excluding carboxylic acids is 3. The highest BCUT2D eigenvalue weighted by molar-refractivity contribution is 6.37. The number of amides is 4. The number of fused-ring (bicyclic) bond motifs is 4. The standard InChI is InChI=1S/C23H21ClN4O6/c1-12-11-26-17-8-7-15(28(32)33)9-14(17)10-23(19(26)13(2)34-12)20(29)25-22(31)27(21(23)30)18-6-4-3-5-16(18)24/h3-9,12-13,19H,10-11H2,1-2H3,(H,25,29,31)/t12-,13+,19-,23+/m0/s1. The number of barbiturate groups is 1. The van der Waals surface area contributed by atoms with Crippen molar-refractivity contribution in [3.63, 3.8) is 0 Å². The quantitative estimate of drug-likeness (QED) is 0.395. The van der Waals surface area contributed by atoms with Crippen molar-refractivity contribution in [2.75, 3.05) is 16.3 Å². The summed E-state index contributed by atoms with van der Waals surface area (Å²) in [5, 5.41) is 13.9. The number of nitro benzene ring substituents is 1. The fraction of sp³-hybridized carbons (Fsp3) is 0.348. The van der Waals surface area contributed by atoms with Gasteiger partial charge in [0.25, 0.3) is 11.6 Å². The van der Waals surface area contributed by atoms with Crippen LogP contribution in [0.15, 0.2) is 42.5 Å². The molecule has 2 aromatic rings. The van der Waals surface area contributed by atoms with E-state index in [1.54, 1.807) is 31.2 Å². The van der Waals surface area contributed by atoms with E-state index in [9.17, 15) is 24.5 Å². The number of rotatable bonds is 2. The third-order valence-corrected chi connectivity index (χ3v) is 7.07. The van der Waals surface area contributed by atoms with Gasteiger partial charge in [0.2, 0.25) is 5.91 Å². The van der Waals surface area contributed by atoms with Crippen LogP contribution in [0.2, 0.25) is 5.02 Å². The fourth-order valence-corrected chi connectivity index (χ4v) is 5.70. The zero-order valence-corrected chi connectivity index (χ0v) is 19.1. The van der Waals surface area contributed by atoms with Crippen LogP contribution in [-0.4, -0.2) is 47.6 Å². The summed E-state index contributed by atoms with van der Waals surface area (Å²) in [6.07, 6.45) is -0.901. The minimum atomic E-state index is -1.77. The van der Waals surface area contributed by atoms with Gasteiger partial charge >= 0.3 is 6.03 Å². The first-order valence-electron chi connectivity index (χ1n) is 10.8. The molecule has 0 aliphatic carbocycles. The Bertz CT molecular complexity index is 1250. The number of halogens is 1. The summed E-state index contributed by atoms with van der Waals surface area (Å²) in [7, 11) is 0. The number of hydrogen-bond acceptors (Lipinski definition) is 7. The normalized spacial score (nSPS) is 28.4. The molecule has 2 fully saturated rings. The molecule has 3 heterocycles.